The van der Waals surface area contributed by atoms with Crippen LogP contribution in [0.2, 0.25) is 0 Å². The second-order valence-corrected chi connectivity index (χ2v) is 5.84. The number of anilines is 2. The molecule has 1 aromatic rings. The minimum absolute atomic E-state index is 0.510. The molecule has 1 heterocycles. The SMILES string of the molecule is CSC1CCCCC1Nc1ncc(C)cc1N. The lowest BCUT2D eigenvalue weighted by atomic mass is 9.95. The summed E-state index contributed by atoms with van der Waals surface area (Å²) < 4.78 is 0. The van der Waals surface area contributed by atoms with Gasteiger partial charge in [0.05, 0.1) is 5.69 Å². The molecule has 3 N–H and O–H groups in total. The van der Waals surface area contributed by atoms with Gasteiger partial charge in [-0.25, -0.2) is 4.98 Å². The van der Waals surface area contributed by atoms with Gasteiger partial charge in [0.1, 0.15) is 5.82 Å². The van der Waals surface area contributed by atoms with Gasteiger partial charge in [-0.15, -0.1) is 0 Å². The van der Waals surface area contributed by atoms with Gasteiger partial charge in [0.15, 0.2) is 0 Å². The molecule has 3 nitrogen and oxygen atoms in total. The van der Waals surface area contributed by atoms with Crippen molar-refractivity contribution in [2.24, 2.45) is 0 Å². The first-order valence-corrected chi connectivity index (χ1v) is 7.51. The number of nitrogens with one attached hydrogen (secondary N) is 1. The fourth-order valence-electron chi connectivity index (χ4n) is 2.43. The average Bonchev–Trinajstić information content (AvgIpc) is 2.33. The van der Waals surface area contributed by atoms with E-state index < -0.39 is 0 Å². The van der Waals surface area contributed by atoms with Crippen molar-refractivity contribution in [2.45, 2.75) is 43.9 Å². The van der Waals surface area contributed by atoms with Gasteiger partial charge in [-0.3, -0.25) is 0 Å². The van der Waals surface area contributed by atoms with Crippen molar-refractivity contribution in [3.05, 3.63) is 17.8 Å². The Kier molecular flexibility index (Phi) is 4.15. The fourth-order valence-corrected chi connectivity index (χ4v) is 3.37. The van der Waals surface area contributed by atoms with E-state index in [4.69, 9.17) is 5.73 Å². The Bertz CT molecular complexity index is 381. The molecule has 2 atom stereocenters. The van der Waals surface area contributed by atoms with Gasteiger partial charge >= 0.3 is 0 Å². The van der Waals surface area contributed by atoms with Gasteiger partial charge < -0.3 is 11.1 Å². The van der Waals surface area contributed by atoms with E-state index in [9.17, 15) is 0 Å². The Labute approximate surface area is 108 Å². The molecule has 0 radical (unpaired) electrons. The summed E-state index contributed by atoms with van der Waals surface area (Å²) >= 11 is 1.95. The topological polar surface area (TPSA) is 50.9 Å². The molecule has 0 aromatic carbocycles. The highest BCUT2D eigenvalue weighted by molar-refractivity contribution is 7.99. The number of aryl methyl sites for hydroxylation is 1. The molecule has 0 aliphatic heterocycles. The predicted molar refractivity (Wildman–Crippen MR) is 76.6 cm³/mol. The van der Waals surface area contributed by atoms with Crippen LogP contribution >= 0.6 is 11.8 Å². The van der Waals surface area contributed by atoms with E-state index in [1.807, 2.05) is 30.9 Å². The third-order valence-electron chi connectivity index (χ3n) is 3.38. The molecule has 17 heavy (non-hydrogen) atoms. The maximum Gasteiger partial charge on any atom is 0.149 e. The number of nitrogens with two attached hydrogens (primary N) is 1. The first kappa shape index (κ1) is 12.6. The summed E-state index contributed by atoms with van der Waals surface area (Å²) in [4.78, 5) is 4.40. The maximum atomic E-state index is 5.99. The lowest BCUT2D eigenvalue weighted by molar-refractivity contribution is 0.474. The van der Waals surface area contributed by atoms with Gasteiger partial charge in [0.25, 0.3) is 0 Å². The number of thioether (sulfide) groups is 1. The Hall–Kier alpha value is -0.900. The van der Waals surface area contributed by atoms with Gasteiger partial charge in [-0.05, 0) is 37.7 Å². The van der Waals surface area contributed by atoms with Crippen LogP contribution in [0.15, 0.2) is 12.3 Å². The normalized spacial score (nSPS) is 24.6. The molecule has 1 saturated carbocycles. The van der Waals surface area contributed by atoms with Crippen LogP contribution in [0.3, 0.4) is 0 Å². The van der Waals surface area contributed by atoms with E-state index >= 15 is 0 Å². The number of hydrogen-bond acceptors (Lipinski definition) is 4. The summed E-state index contributed by atoms with van der Waals surface area (Å²) in [5, 5.41) is 4.21. The van der Waals surface area contributed by atoms with Crippen molar-refractivity contribution in [2.75, 3.05) is 17.3 Å². The van der Waals surface area contributed by atoms with Crippen LogP contribution in [0.1, 0.15) is 31.2 Å². The summed E-state index contributed by atoms with van der Waals surface area (Å²) in [5.41, 5.74) is 7.86. The van der Waals surface area contributed by atoms with Crippen LogP contribution in [0.5, 0.6) is 0 Å². The first-order valence-electron chi connectivity index (χ1n) is 6.22. The van der Waals surface area contributed by atoms with Crippen LogP contribution < -0.4 is 11.1 Å². The molecule has 2 rings (SSSR count). The van der Waals surface area contributed by atoms with Crippen LogP contribution in [-0.4, -0.2) is 22.5 Å². The maximum absolute atomic E-state index is 5.99. The monoisotopic (exact) mass is 251 g/mol. The minimum atomic E-state index is 0.510. The standard InChI is InChI=1S/C13H21N3S/c1-9-7-10(14)13(15-8-9)16-11-5-3-4-6-12(11)17-2/h7-8,11-12H,3-6,14H2,1-2H3,(H,15,16). The summed E-state index contributed by atoms with van der Waals surface area (Å²) in [6, 6.07) is 2.49. The van der Waals surface area contributed by atoms with Gasteiger partial charge in [0.2, 0.25) is 0 Å². The Morgan fingerprint density at radius 2 is 2.18 bits per heavy atom. The number of rotatable bonds is 3. The molecular formula is C13H21N3S. The molecule has 94 valence electrons. The smallest absolute Gasteiger partial charge is 0.149 e. The molecule has 1 aliphatic carbocycles. The molecule has 0 bridgehead atoms. The first-order chi connectivity index (χ1) is 8.20. The van der Waals surface area contributed by atoms with Crippen molar-refractivity contribution in [3.63, 3.8) is 0 Å². The second kappa shape index (κ2) is 5.63. The number of hydrogen-bond donors (Lipinski definition) is 2. The van der Waals surface area contributed by atoms with Gasteiger partial charge in [-0.1, -0.05) is 12.8 Å². The quantitative estimate of drug-likeness (QED) is 0.867. The minimum Gasteiger partial charge on any atom is -0.396 e. The van der Waals surface area contributed by atoms with Crippen molar-refractivity contribution in [1.29, 1.82) is 0 Å². The van der Waals surface area contributed by atoms with Crippen LogP contribution in [-0.2, 0) is 0 Å². The van der Waals surface area contributed by atoms with Crippen LogP contribution in [0.25, 0.3) is 0 Å². The van der Waals surface area contributed by atoms with Crippen LogP contribution in [0.4, 0.5) is 11.5 Å². The zero-order valence-electron chi connectivity index (χ0n) is 10.6. The molecule has 2 unspecified atom stereocenters. The molecular weight excluding hydrogens is 230 g/mol. The number of nitrogens with zero attached hydrogens (tertiary/aromatic N) is 1. The molecule has 1 fully saturated rings. The van der Waals surface area contributed by atoms with E-state index in [1.54, 1.807) is 0 Å². The van der Waals surface area contributed by atoms with Gasteiger partial charge in [0, 0.05) is 17.5 Å². The number of nitrogen functional groups attached to an aromatic ring is 1. The van der Waals surface area contributed by atoms with Crippen molar-refractivity contribution in [1.82, 2.24) is 4.98 Å². The molecule has 0 amide bonds. The Morgan fingerprint density at radius 3 is 2.88 bits per heavy atom. The highest BCUT2D eigenvalue weighted by atomic mass is 32.2. The highest BCUT2D eigenvalue weighted by Gasteiger charge is 2.24. The molecule has 1 aromatic heterocycles. The lowest BCUT2D eigenvalue weighted by Crippen LogP contribution is -2.34. The molecule has 4 heteroatoms. The third-order valence-corrected chi connectivity index (χ3v) is 4.55. The Morgan fingerprint density at radius 1 is 1.41 bits per heavy atom. The van der Waals surface area contributed by atoms with E-state index in [-0.39, 0.29) is 0 Å². The van der Waals surface area contributed by atoms with E-state index in [0.29, 0.717) is 11.3 Å². The summed E-state index contributed by atoms with van der Waals surface area (Å²) in [5.74, 6) is 0.849. The summed E-state index contributed by atoms with van der Waals surface area (Å²) in [6.45, 7) is 2.01. The molecule has 0 saturated heterocycles. The predicted octanol–water partition coefficient (Wildman–Crippen LogP) is 3.06. The molecule has 0 spiro atoms. The average molecular weight is 251 g/mol. The zero-order valence-corrected chi connectivity index (χ0v) is 11.4. The van der Waals surface area contributed by atoms with Crippen molar-refractivity contribution >= 4 is 23.3 Å². The van der Waals surface area contributed by atoms with Gasteiger partial charge in [-0.2, -0.15) is 11.8 Å². The van der Waals surface area contributed by atoms with Crippen molar-refractivity contribution < 1.29 is 0 Å². The highest BCUT2D eigenvalue weighted by Crippen LogP contribution is 2.30. The van der Waals surface area contributed by atoms with E-state index in [1.165, 1.54) is 25.7 Å². The van der Waals surface area contributed by atoms with E-state index in [2.05, 4.69) is 16.6 Å². The van der Waals surface area contributed by atoms with Crippen molar-refractivity contribution in [3.8, 4) is 0 Å². The largest absolute Gasteiger partial charge is 0.396 e. The van der Waals surface area contributed by atoms with Crippen LogP contribution in [0, 0.1) is 6.92 Å². The van der Waals surface area contributed by atoms with E-state index in [0.717, 1.165) is 17.1 Å². The fraction of sp³-hybridized carbons (Fsp3) is 0.615. The summed E-state index contributed by atoms with van der Waals surface area (Å²) in [6.07, 6.45) is 9.23. The molecule has 1 aliphatic rings. The lowest BCUT2D eigenvalue weighted by Gasteiger charge is -2.31. The summed E-state index contributed by atoms with van der Waals surface area (Å²) in [7, 11) is 0. The Balaban J connectivity index is 2.08. The second-order valence-electron chi connectivity index (χ2n) is 4.76. The number of aromatic nitrogens is 1. The zero-order chi connectivity index (χ0) is 12.3. The number of pyridine rings is 1. The third kappa shape index (κ3) is 3.06.